The van der Waals surface area contributed by atoms with Crippen LogP contribution in [-0.4, -0.2) is 21.3 Å². The van der Waals surface area contributed by atoms with Gasteiger partial charge < -0.3 is 9.88 Å². The molecule has 0 bridgehead atoms. The Labute approximate surface area is 114 Å². The molecule has 4 nitrogen and oxygen atoms in total. The number of nitrogens with one attached hydrogen (secondary N) is 1. The minimum absolute atomic E-state index is 0.406. The molecule has 0 unspecified atom stereocenters. The number of rotatable bonds is 5. The van der Waals surface area contributed by atoms with Crippen LogP contribution in [0.4, 0.5) is 5.69 Å². The third-order valence-electron chi connectivity index (χ3n) is 3.26. The van der Waals surface area contributed by atoms with Gasteiger partial charge in [0.25, 0.3) is 0 Å². The molecule has 1 N–H and O–H groups in total. The zero-order valence-corrected chi connectivity index (χ0v) is 12.1. The maximum atomic E-state index is 4.26. The summed E-state index contributed by atoms with van der Waals surface area (Å²) in [5.41, 5.74) is 2.46. The highest BCUT2D eigenvalue weighted by atomic mass is 15.3. The Morgan fingerprint density at radius 2 is 1.89 bits per heavy atom. The maximum Gasteiger partial charge on any atom is 0.135 e. The second-order valence-electron chi connectivity index (χ2n) is 5.12. The number of aryl methyl sites for hydroxylation is 2. The minimum Gasteiger partial charge on any atom is -0.384 e. The van der Waals surface area contributed by atoms with Crippen molar-refractivity contribution in [2.24, 2.45) is 0 Å². The van der Waals surface area contributed by atoms with Crippen LogP contribution in [0.3, 0.4) is 0 Å². The van der Waals surface area contributed by atoms with E-state index >= 15 is 0 Å². The molecular formula is C15H22N4. The molecular weight excluding hydrogens is 236 g/mol. The van der Waals surface area contributed by atoms with Crippen LogP contribution in [0.1, 0.15) is 37.1 Å². The fourth-order valence-electron chi connectivity index (χ4n) is 2.34. The number of aromatic nitrogens is 3. The molecule has 4 heteroatoms. The van der Waals surface area contributed by atoms with Gasteiger partial charge >= 0.3 is 0 Å². The minimum atomic E-state index is 0.406. The summed E-state index contributed by atoms with van der Waals surface area (Å²) in [7, 11) is 0. The smallest absolute Gasteiger partial charge is 0.135 e. The molecule has 0 aliphatic carbocycles. The van der Waals surface area contributed by atoms with Crippen molar-refractivity contribution in [2.75, 3.05) is 11.9 Å². The fourth-order valence-corrected chi connectivity index (χ4v) is 2.34. The van der Waals surface area contributed by atoms with Gasteiger partial charge in [0, 0.05) is 24.7 Å². The molecule has 2 rings (SSSR count). The highest BCUT2D eigenvalue weighted by Gasteiger charge is 2.10. The first-order valence-electron chi connectivity index (χ1n) is 6.79. The maximum absolute atomic E-state index is 4.26. The van der Waals surface area contributed by atoms with E-state index in [1.165, 1.54) is 11.3 Å². The van der Waals surface area contributed by atoms with Gasteiger partial charge in [-0.15, -0.1) is 10.2 Å². The van der Waals surface area contributed by atoms with Crippen LogP contribution in [-0.2, 0) is 6.42 Å². The Morgan fingerprint density at radius 1 is 1.16 bits per heavy atom. The van der Waals surface area contributed by atoms with Crippen LogP contribution >= 0.6 is 0 Å². The van der Waals surface area contributed by atoms with E-state index in [2.05, 4.69) is 65.1 Å². The molecule has 1 aromatic carbocycles. The van der Waals surface area contributed by atoms with Crippen LogP contribution in [0.2, 0.25) is 0 Å². The third kappa shape index (κ3) is 3.13. The van der Waals surface area contributed by atoms with E-state index in [9.17, 15) is 0 Å². The lowest BCUT2D eigenvalue weighted by molar-refractivity contribution is 0.555. The molecule has 2 aromatic rings. The van der Waals surface area contributed by atoms with Crippen LogP contribution in [0.15, 0.2) is 24.3 Å². The van der Waals surface area contributed by atoms with E-state index in [4.69, 9.17) is 0 Å². The molecule has 0 fully saturated rings. The quantitative estimate of drug-likeness (QED) is 0.896. The van der Waals surface area contributed by atoms with Gasteiger partial charge in [-0.2, -0.15) is 0 Å². The van der Waals surface area contributed by atoms with Gasteiger partial charge in [-0.1, -0.05) is 18.2 Å². The predicted octanol–water partition coefficient (Wildman–Crippen LogP) is 3.13. The van der Waals surface area contributed by atoms with Gasteiger partial charge in [0.2, 0.25) is 0 Å². The second-order valence-corrected chi connectivity index (χ2v) is 5.12. The average molecular weight is 258 g/mol. The number of para-hydroxylation sites is 1. The molecule has 0 radical (unpaired) electrons. The fraction of sp³-hybridized carbons (Fsp3) is 0.467. The number of nitrogens with zero attached hydrogens (tertiary/aromatic N) is 3. The zero-order valence-electron chi connectivity index (χ0n) is 12.1. The van der Waals surface area contributed by atoms with Crippen molar-refractivity contribution in [3.8, 4) is 0 Å². The van der Waals surface area contributed by atoms with E-state index in [1.807, 2.05) is 6.92 Å². The number of benzene rings is 1. The van der Waals surface area contributed by atoms with E-state index in [1.54, 1.807) is 0 Å². The second kappa shape index (κ2) is 5.87. The molecule has 0 aliphatic rings. The van der Waals surface area contributed by atoms with Gasteiger partial charge in [-0.25, -0.2) is 0 Å². The third-order valence-corrected chi connectivity index (χ3v) is 3.26. The highest BCUT2D eigenvalue weighted by molar-refractivity contribution is 5.50. The van der Waals surface area contributed by atoms with Gasteiger partial charge in [-0.05, 0) is 39.3 Å². The Bertz CT molecular complexity index is 543. The predicted molar refractivity (Wildman–Crippen MR) is 78.5 cm³/mol. The van der Waals surface area contributed by atoms with Gasteiger partial charge in [-0.3, -0.25) is 0 Å². The summed E-state index contributed by atoms with van der Waals surface area (Å²) < 4.78 is 2.19. The van der Waals surface area contributed by atoms with E-state index in [0.29, 0.717) is 6.04 Å². The molecule has 0 atom stereocenters. The van der Waals surface area contributed by atoms with Gasteiger partial charge in [0.15, 0.2) is 0 Å². The van der Waals surface area contributed by atoms with Crippen molar-refractivity contribution in [3.63, 3.8) is 0 Å². The summed E-state index contributed by atoms with van der Waals surface area (Å²) in [5.74, 6) is 2.04. The van der Waals surface area contributed by atoms with E-state index < -0.39 is 0 Å². The summed E-state index contributed by atoms with van der Waals surface area (Å²) in [6.45, 7) is 9.31. The molecule has 0 saturated heterocycles. The van der Waals surface area contributed by atoms with Crippen LogP contribution in [0, 0.1) is 13.8 Å². The van der Waals surface area contributed by atoms with Crippen molar-refractivity contribution in [1.29, 1.82) is 0 Å². The highest BCUT2D eigenvalue weighted by Crippen LogP contribution is 2.14. The lowest BCUT2D eigenvalue weighted by atomic mass is 10.2. The van der Waals surface area contributed by atoms with Crippen LogP contribution in [0.5, 0.6) is 0 Å². The van der Waals surface area contributed by atoms with Crippen molar-refractivity contribution >= 4 is 5.69 Å². The summed E-state index contributed by atoms with van der Waals surface area (Å²) in [5, 5.41) is 11.9. The topological polar surface area (TPSA) is 42.7 Å². The SMILES string of the molecule is Cc1ccccc1NCCc1nnc(C)n1C(C)C. The first-order valence-corrected chi connectivity index (χ1v) is 6.79. The van der Waals surface area contributed by atoms with Crippen LogP contribution in [0.25, 0.3) is 0 Å². The summed E-state index contributed by atoms with van der Waals surface area (Å²) in [6.07, 6.45) is 0.882. The first-order chi connectivity index (χ1) is 9.09. The number of hydrogen-bond donors (Lipinski definition) is 1. The normalized spacial score (nSPS) is 11.0. The van der Waals surface area contributed by atoms with Crippen LogP contribution < -0.4 is 5.32 Å². The largest absolute Gasteiger partial charge is 0.384 e. The molecule has 1 heterocycles. The van der Waals surface area contributed by atoms with E-state index in [0.717, 1.165) is 24.6 Å². The molecule has 0 saturated carbocycles. The van der Waals surface area contributed by atoms with E-state index in [-0.39, 0.29) is 0 Å². The van der Waals surface area contributed by atoms with Crippen molar-refractivity contribution in [3.05, 3.63) is 41.5 Å². The summed E-state index contributed by atoms with van der Waals surface area (Å²) in [6, 6.07) is 8.73. The zero-order chi connectivity index (χ0) is 13.8. The Morgan fingerprint density at radius 3 is 2.58 bits per heavy atom. The lowest BCUT2D eigenvalue weighted by Crippen LogP contribution is -2.13. The Balaban J connectivity index is 1.99. The first kappa shape index (κ1) is 13.6. The number of anilines is 1. The monoisotopic (exact) mass is 258 g/mol. The van der Waals surface area contributed by atoms with Gasteiger partial charge in [0.1, 0.15) is 11.6 Å². The molecule has 1 aromatic heterocycles. The lowest BCUT2D eigenvalue weighted by Gasteiger charge is -2.13. The summed E-state index contributed by atoms with van der Waals surface area (Å²) >= 11 is 0. The summed E-state index contributed by atoms with van der Waals surface area (Å²) in [4.78, 5) is 0. The average Bonchev–Trinajstić information content (AvgIpc) is 2.73. The molecule has 0 spiro atoms. The molecule has 19 heavy (non-hydrogen) atoms. The number of hydrogen-bond acceptors (Lipinski definition) is 3. The molecule has 0 amide bonds. The van der Waals surface area contributed by atoms with Gasteiger partial charge in [0.05, 0.1) is 0 Å². The van der Waals surface area contributed by atoms with Crippen molar-refractivity contribution < 1.29 is 0 Å². The molecule has 102 valence electrons. The van der Waals surface area contributed by atoms with Crippen molar-refractivity contribution in [1.82, 2.24) is 14.8 Å². The standard InChI is InChI=1S/C15H22N4/c1-11(2)19-13(4)17-18-15(19)9-10-16-14-8-6-5-7-12(14)3/h5-8,11,16H,9-10H2,1-4H3. The molecule has 0 aliphatic heterocycles. The Hall–Kier alpha value is -1.84. The van der Waals surface area contributed by atoms with Crippen molar-refractivity contribution in [2.45, 2.75) is 40.2 Å². The Kier molecular flexibility index (Phi) is 4.20.